The zero-order chi connectivity index (χ0) is 22.1. The highest BCUT2D eigenvalue weighted by Crippen LogP contribution is 2.36. The molecule has 32 heavy (non-hydrogen) atoms. The van der Waals surface area contributed by atoms with Crippen molar-refractivity contribution in [3.05, 3.63) is 59.4 Å². The van der Waals surface area contributed by atoms with E-state index in [0.717, 1.165) is 44.1 Å². The largest absolute Gasteiger partial charge is 0.454 e. The molecule has 2 amide bonds. The van der Waals surface area contributed by atoms with Crippen LogP contribution in [0.2, 0.25) is 0 Å². The molecule has 0 aromatic heterocycles. The molecule has 2 fully saturated rings. The molecular weight excluding hydrogens is 411 g/mol. The lowest BCUT2D eigenvalue weighted by Crippen LogP contribution is -2.58. The van der Waals surface area contributed by atoms with Gasteiger partial charge in [-0.1, -0.05) is 49.9 Å². The number of carbonyl (C=O) groups is 2. The first-order valence-corrected chi connectivity index (χ1v) is 11.3. The molecule has 1 saturated heterocycles. The van der Waals surface area contributed by atoms with E-state index in [2.05, 4.69) is 0 Å². The molecule has 2 aromatic carbocycles. The summed E-state index contributed by atoms with van der Waals surface area (Å²) < 4.78 is 25.7. The third-order valence-corrected chi connectivity index (χ3v) is 6.71. The molecule has 2 aromatic rings. The van der Waals surface area contributed by atoms with E-state index in [9.17, 15) is 14.0 Å². The van der Waals surface area contributed by atoms with Crippen molar-refractivity contribution in [1.29, 1.82) is 0 Å². The van der Waals surface area contributed by atoms with E-state index in [4.69, 9.17) is 9.47 Å². The molecule has 2 heterocycles. The zero-order valence-corrected chi connectivity index (χ0v) is 18.0. The van der Waals surface area contributed by atoms with Crippen molar-refractivity contribution in [2.75, 3.05) is 13.3 Å². The molecule has 2 aliphatic heterocycles. The Hall–Kier alpha value is -3.09. The van der Waals surface area contributed by atoms with Gasteiger partial charge in [-0.05, 0) is 36.6 Å². The molecule has 168 valence electrons. The first-order chi connectivity index (χ1) is 15.6. The minimum absolute atomic E-state index is 0.0379. The monoisotopic (exact) mass is 438 g/mol. The van der Waals surface area contributed by atoms with Crippen LogP contribution < -0.4 is 9.47 Å². The molecule has 5 rings (SSSR count). The number of benzene rings is 2. The van der Waals surface area contributed by atoms with Crippen molar-refractivity contribution < 1.29 is 23.5 Å². The summed E-state index contributed by atoms with van der Waals surface area (Å²) in [6.07, 6.45) is 6.19. The van der Waals surface area contributed by atoms with E-state index in [0.29, 0.717) is 11.5 Å². The highest BCUT2D eigenvalue weighted by atomic mass is 19.1. The van der Waals surface area contributed by atoms with Gasteiger partial charge in [0.25, 0.3) is 5.91 Å². The molecule has 1 saturated carbocycles. The SMILES string of the molecule is O=C1C(c2ccccc2F)N(Cc2ccc3c(c2)OCO3)C(=O)CN1C1CCCCCC1. The summed E-state index contributed by atoms with van der Waals surface area (Å²) in [6, 6.07) is 10.8. The highest BCUT2D eigenvalue weighted by molar-refractivity contribution is 5.95. The summed E-state index contributed by atoms with van der Waals surface area (Å²) >= 11 is 0. The third kappa shape index (κ3) is 3.92. The Balaban J connectivity index is 1.48. The Kier molecular flexibility index (Phi) is 5.72. The molecule has 6 nitrogen and oxygen atoms in total. The zero-order valence-electron chi connectivity index (χ0n) is 18.0. The van der Waals surface area contributed by atoms with Crippen LogP contribution in [0.5, 0.6) is 11.5 Å². The van der Waals surface area contributed by atoms with Gasteiger partial charge in [-0.2, -0.15) is 0 Å². The molecule has 1 atom stereocenters. The normalized spacial score (nSPS) is 21.7. The van der Waals surface area contributed by atoms with Gasteiger partial charge in [-0.3, -0.25) is 9.59 Å². The van der Waals surface area contributed by atoms with E-state index in [-0.39, 0.29) is 43.3 Å². The van der Waals surface area contributed by atoms with Gasteiger partial charge in [0.1, 0.15) is 18.4 Å². The molecular formula is C25H27FN2O4. The summed E-state index contributed by atoms with van der Waals surface area (Å²) in [4.78, 5) is 30.3. The lowest BCUT2D eigenvalue weighted by atomic mass is 9.96. The van der Waals surface area contributed by atoms with Crippen LogP contribution in [0.4, 0.5) is 4.39 Å². The van der Waals surface area contributed by atoms with Crippen molar-refractivity contribution >= 4 is 11.8 Å². The fourth-order valence-electron chi connectivity index (χ4n) is 5.04. The molecule has 0 spiro atoms. The maximum atomic E-state index is 14.9. The summed E-state index contributed by atoms with van der Waals surface area (Å²) in [5.41, 5.74) is 1.05. The summed E-state index contributed by atoms with van der Waals surface area (Å²) in [6.45, 7) is 0.395. The van der Waals surface area contributed by atoms with Gasteiger partial charge >= 0.3 is 0 Å². The summed E-state index contributed by atoms with van der Waals surface area (Å²) in [5, 5.41) is 0. The topological polar surface area (TPSA) is 59.1 Å². The molecule has 7 heteroatoms. The van der Waals surface area contributed by atoms with Crippen LogP contribution in [-0.4, -0.2) is 41.0 Å². The second-order valence-electron chi connectivity index (χ2n) is 8.74. The number of piperazine rings is 1. The number of rotatable bonds is 4. The smallest absolute Gasteiger partial charge is 0.250 e. The minimum atomic E-state index is -0.980. The standard InChI is InChI=1S/C25H27FN2O4/c26-20-10-6-5-9-19(20)24-25(30)27(18-7-3-1-2-4-8-18)15-23(29)28(24)14-17-11-12-21-22(13-17)32-16-31-21/h5-6,9-13,18,24H,1-4,7-8,14-16H2. The molecule has 1 aliphatic carbocycles. The number of halogens is 1. The van der Waals surface area contributed by atoms with Crippen LogP contribution in [0.15, 0.2) is 42.5 Å². The summed E-state index contributed by atoms with van der Waals surface area (Å²) in [5.74, 6) is 0.431. The van der Waals surface area contributed by atoms with E-state index in [1.807, 2.05) is 12.1 Å². The summed E-state index contributed by atoms with van der Waals surface area (Å²) in [7, 11) is 0. The number of ether oxygens (including phenoxy) is 2. The number of nitrogens with zero attached hydrogens (tertiary/aromatic N) is 2. The fourth-order valence-corrected chi connectivity index (χ4v) is 5.04. The van der Waals surface area contributed by atoms with Crippen LogP contribution in [0.1, 0.15) is 55.7 Å². The van der Waals surface area contributed by atoms with E-state index in [1.54, 1.807) is 29.2 Å². The maximum absolute atomic E-state index is 14.9. The van der Waals surface area contributed by atoms with E-state index < -0.39 is 11.9 Å². The fraction of sp³-hybridized carbons (Fsp3) is 0.440. The van der Waals surface area contributed by atoms with Gasteiger partial charge in [0.2, 0.25) is 12.7 Å². The molecule has 0 radical (unpaired) electrons. The van der Waals surface area contributed by atoms with Crippen molar-refractivity contribution in [2.24, 2.45) is 0 Å². The van der Waals surface area contributed by atoms with Crippen molar-refractivity contribution in [2.45, 2.75) is 57.2 Å². The van der Waals surface area contributed by atoms with Crippen molar-refractivity contribution in [3.63, 3.8) is 0 Å². The second-order valence-corrected chi connectivity index (χ2v) is 8.74. The average Bonchev–Trinajstić information content (AvgIpc) is 3.09. The molecule has 0 bridgehead atoms. The predicted molar refractivity (Wildman–Crippen MR) is 115 cm³/mol. The van der Waals surface area contributed by atoms with Crippen LogP contribution in [-0.2, 0) is 16.1 Å². The first kappa shape index (κ1) is 20.8. The van der Waals surface area contributed by atoms with Crippen molar-refractivity contribution in [1.82, 2.24) is 9.80 Å². The number of fused-ring (bicyclic) bond motifs is 1. The molecule has 0 N–H and O–H groups in total. The van der Waals surface area contributed by atoms with Crippen LogP contribution in [0.25, 0.3) is 0 Å². The number of amides is 2. The Bertz CT molecular complexity index is 1020. The van der Waals surface area contributed by atoms with E-state index in [1.165, 1.54) is 11.0 Å². The Morgan fingerprint density at radius 1 is 0.938 bits per heavy atom. The first-order valence-electron chi connectivity index (χ1n) is 11.3. The lowest BCUT2D eigenvalue weighted by molar-refractivity contribution is -0.159. The second kappa shape index (κ2) is 8.81. The van der Waals surface area contributed by atoms with Crippen molar-refractivity contribution in [3.8, 4) is 11.5 Å². The maximum Gasteiger partial charge on any atom is 0.250 e. The lowest BCUT2D eigenvalue weighted by Gasteiger charge is -2.43. The highest BCUT2D eigenvalue weighted by Gasteiger charge is 2.43. The predicted octanol–water partition coefficient (Wildman–Crippen LogP) is 4.19. The third-order valence-electron chi connectivity index (χ3n) is 6.71. The Morgan fingerprint density at radius 3 is 2.47 bits per heavy atom. The van der Waals surface area contributed by atoms with Gasteiger partial charge in [-0.25, -0.2) is 4.39 Å². The van der Waals surface area contributed by atoms with Crippen LogP contribution in [0.3, 0.4) is 0 Å². The van der Waals surface area contributed by atoms with E-state index >= 15 is 0 Å². The van der Waals surface area contributed by atoms with Gasteiger partial charge < -0.3 is 19.3 Å². The number of hydrogen-bond donors (Lipinski definition) is 0. The van der Waals surface area contributed by atoms with Gasteiger partial charge in [0.05, 0.1) is 0 Å². The van der Waals surface area contributed by atoms with Gasteiger partial charge in [0, 0.05) is 18.2 Å². The Labute approximate surface area is 186 Å². The quantitative estimate of drug-likeness (QED) is 0.672. The average molecular weight is 438 g/mol. The number of hydrogen-bond acceptors (Lipinski definition) is 4. The van der Waals surface area contributed by atoms with Gasteiger partial charge in [-0.15, -0.1) is 0 Å². The number of carbonyl (C=O) groups excluding carboxylic acids is 2. The van der Waals surface area contributed by atoms with Crippen LogP contribution in [0, 0.1) is 5.82 Å². The molecule has 3 aliphatic rings. The molecule has 1 unspecified atom stereocenters. The Morgan fingerprint density at radius 2 is 1.69 bits per heavy atom. The van der Waals surface area contributed by atoms with Crippen LogP contribution >= 0.6 is 0 Å². The van der Waals surface area contributed by atoms with Gasteiger partial charge in [0.15, 0.2) is 11.5 Å². The minimum Gasteiger partial charge on any atom is -0.454 e.